The second kappa shape index (κ2) is 6.34. The summed E-state index contributed by atoms with van der Waals surface area (Å²) >= 11 is 0. The van der Waals surface area contributed by atoms with E-state index in [9.17, 15) is 4.79 Å². The van der Waals surface area contributed by atoms with Crippen LogP contribution < -0.4 is 0 Å². The van der Waals surface area contributed by atoms with Gasteiger partial charge in [0.1, 0.15) is 0 Å². The molecule has 2 rings (SSSR count). The number of carbonyl (C=O) groups excluding carboxylic acids is 1. The van der Waals surface area contributed by atoms with Crippen LogP contribution in [0.25, 0.3) is 0 Å². The zero-order chi connectivity index (χ0) is 13.7. The molecule has 0 aliphatic carbocycles. The third kappa shape index (κ3) is 3.80. The summed E-state index contributed by atoms with van der Waals surface area (Å²) in [5, 5.41) is 0. The molecule has 1 aromatic carbocycles. The van der Waals surface area contributed by atoms with Crippen LogP contribution in [-0.4, -0.2) is 28.3 Å². The van der Waals surface area contributed by atoms with E-state index in [1.807, 2.05) is 48.3 Å². The third-order valence-corrected chi connectivity index (χ3v) is 3.22. The molecule has 0 amide bonds. The number of likely N-dealkylation sites (N-methyl/N-ethyl adjacent to an activating group) is 1. The Bertz CT molecular complexity index is 531. The minimum absolute atomic E-state index is 0.179. The largest absolute Gasteiger partial charge is 0.357 e. The van der Waals surface area contributed by atoms with Crippen molar-refractivity contribution >= 4 is 5.78 Å². The van der Waals surface area contributed by atoms with Crippen molar-refractivity contribution in [1.29, 1.82) is 0 Å². The lowest BCUT2D eigenvalue weighted by Gasteiger charge is -2.19. The molecule has 0 saturated carbocycles. The quantitative estimate of drug-likeness (QED) is 0.743. The molecule has 0 fully saturated rings. The van der Waals surface area contributed by atoms with Crippen molar-refractivity contribution in [3.05, 3.63) is 59.9 Å². The van der Waals surface area contributed by atoms with Crippen molar-refractivity contribution in [3.63, 3.8) is 0 Å². The van der Waals surface area contributed by atoms with Gasteiger partial charge in [-0.3, -0.25) is 9.69 Å². The lowest BCUT2D eigenvalue weighted by Crippen LogP contribution is -2.29. The molecule has 3 heteroatoms. The Balaban J connectivity index is 1.97. The Kier molecular flexibility index (Phi) is 4.53. The van der Waals surface area contributed by atoms with E-state index < -0.39 is 0 Å². The van der Waals surface area contributed by atoms with Gasteiger partial charge in [0.2, 0.25) is 0 Å². The van der Waals surface area contributed by atoms with Gasteiger partial charge in [-0.1, -0.05) is 37.3 Å². The first kappa shape index (κ1) is 13.6. The van der Waals surface area contributed by atoms with Crippen molar-refractivity contribution in [2.75, 3.05) is 13.1 Å². The number of hydrogen-bond acceptors (Lipinski definition) is 2. The predicted molar refractivity (Wildman–Crippen MR) is 77.1 cm³/mol. The van der Waals surface area contributed by atoms with Crippen LogP contribution in [0.15, 0.2) is 48.8 Å². The zero-order valence-electron chi connectivity index (χ0n) is 11.5. The summed E-state index contributed by atoms with van der Waals surface area (Å²) < 4.78 is 1.90. The van der Waals surface area contributed by atoms with E-state index in [1.165, 1.54) is 5.56 Å². The maximum absolute atomic E-state index is 12.2. The first-order chi connectivity index (χ1) is 9.19. The van der Waals surface area contributed by atoms with Gasteiger partial charge in [0.15, 0.2) is 5.78 Å². The van der Waals surface area contributed by atoms with E-state index >= 15 is 0 Å². The number of benzene rings is 1. The summed E-state index contributed by atoms with van der Waals surface area (Å²) in [6.45, 7) is 4.24. The molecule has 100 valence electrons. The molecule has 0 spiro atoms. The second-order valence-electron chi connectivity index (χ2n) is 4.78. The van der Waals surface area contributed by atoms with E-state index in [0.29, 0.717) is 6.54 Å². The van der Waals surface area contributed by atoms with Crippen LogP contribution in [0, 0.1) is 0 Å². The lowest BCUT2D eigenvalue weighted by molar-refractivity contribution is 0.0929. The molecule has 0 aliphatic heterocycles. The second-order valence-corrected chi connectivity index (χ2v) is 4.78. The number of carbonyl (C=O) groups is 1. The fraction of sp³-hybridized carbons (Fsp3) is 0.312. The average Bonchev–Trinajstić information content (AvgIpc) is 2.86. The number of ketones is 1. The van der Waals surface area contributed by atoms with E-state index in [0.717, 1.165) is 18.7 Å². The molecule has 0 radical (unpaired) electrons. The maximum atomic E-state index is 12.2. The Morgan fingerprint density at radius 1 is 1.21 bits per heavy atom. The van der Waals surface area contributed by atoms with Crippen LogP contribution in [0.5, 0.6) is 0 Å². The van der Waals surface area contributed by atoms with E-state index in [4.69, 9.17) is 0 Å². The van der Waals surface area contributed by atoms with Crippen molar-refractivity contribution in [1.82, 2.24) is 9.47 Å². The van der Waals surface area contributed by atoms with Crippen LogP contribution in [0.3, 0.4) is 0 Å². The highest BCUT2D eigenvalue weighted by Gasteiger charge is 2.12. The van der Waals surface area contributed by atoms with Crippen molar-refractivity contribution in [3.8, 4) is 0 Å². The number of nitrogens with zero attached hydrogens (tertiary/aromatic N) is 2. The SMILES string of the molecule is CCN(CC(=O)c1ccn(C)c1)Cc1ccccc1. The van der Waals surface area contributed by atoms with Crippen molar-refractivity contribution in [2.45, 2.75) is 13.5 Å². The fourth-order valence-corrected chi connectivity index (χ4v) is 2.08. The Morgan fingerprint density at radius 3 is 2.53 bits per heavy atom. The summed E-state index contributed by atoms with van der Waals surface area (Å²) in [6, 6.07) is 12.1. The van der Waals surface area contributed by atoms with Gasteiger partial charge >= 0.3 is 0 Å². The summed E-state index contributed by atoms with van der Waals surface area (Å²) in [7, 11) is 1.93. The average molecular weight is 256 g/mol. The third-order valence-electron chi connectivity index (χ3n) is 3.22. The Hall–Kier alpha value is -1.87. The predicted octanol–water partition coefficient (Wildman–Crippen LogP) is 2.73. The zero-order valence-corrected chi connectivity index (χ0v) is 11.5. The van der Waals surface area contributed by atoms with Crippen LogP contribution in [0.2, 0.25) is 0 Å². The summed E-state index contributed by atoms with van der Waals surface area (Å²) in [4.78, 5) is 14.3. The molecule has 1 heterocycles. The van der Waals surface area contributed by atoms with Gasteiger partial charge in [-0.2, -0.15) is 0 Å². The standard InChI is InChI=1S/C16H20N2O/c1-3-18(11-14-7-5-4-6-8-14)13-16(19)15-9-10-17(2)12-15/h4-10,12H,3,11,13H2,1-2H3. The molecule has 19 heavy (non-hydrogen) atoms. The molecular formula is C16H20N2O. The van der Waals surface area contributed by atoms with Crippen LogP contribution >= 0.6 is 0 Å². The first-order valence-corrected chi connectivity index (χ1v) is 6.60. The first-order valence-electron chi connectivity index (χ1n) is 6.60. The summed E-state index contributed by atoms with van der Waals surface area (Å²) in [6.07, 6.45) is 3.78. The number of Topliss-reactive ketones (excluding diaryl/α,β-unsaturated/α-hetero) is 1. The molecule has 0 aliphatic rings. The fourth-order valence-electron chi connectivity index (χ4n) is 2.08. The maximum Gasteiger partial charge on any atom is 0.178 e. The van der Waals surface area contributed by atoms with Crippen molar-refractivity contribution < 1.29 is 4.79 Å². The lowest BCUT2D eigenvalue weighted by atomic mass is 10.2. The van der Waals surface area contributed by atoms with E-state index in [-0.39, 0.29) is 5.78 Å². The minimum atomic E-state index is 0.179. The Morgan fingerprint density at radius 2 is 1.95 bits per heavy atom. The van der Waals surface area contributed by atoms with E-state index in [2.05, 4.69) is 24.0 Å². The van der Waals surface area contributed by atoms with E-state index in [1.54, 1.807) is 0 Å². The van der Waals surface area contributed by atoms with Crippen LogP contribution in [-0.2, 0) is 13.6 Å². The number of rotatable bonds is 6. The Labute approximate surface area is 114 Å². The summed E-state index contributed by atoms with van der Waals surface area (Å²) in [5.74, 6) is 0.179. The minimum Gasteiger partial charge on any atom is -0.357 e. The van der Waals surface area contributed by atoms with Gasteiger partial charge < -0.3 is 4.57 Å². The normalized spacial score (nSPS) is 10.9. The van der Waals surface area contributed by atoms with Gasteiger partial charge in [-0.05, 0) is 18.2 Å². The van der Waals surface area contributed by atoms with Gasteiger partial charge in [0.05, 0.1) is 6.54 Å². The number of aryl methyl sites for hydroxylation is 1. The molecule has 3 nitrogen and oxygen atoms in total. The molecule has 0 saturated heterocycles. The monoisotopic (exact) mass is 256 g/mol. The smallest absolute Gasteiger partial charge is 0.178 e. The highest BCUT2D eigenvalue weighted by Crippen LogP contribution is 2.07. The van der Waals surface area contributed by atoms with Gasteiger partial charge in [0, 0.05) is 31.5 Å². The van der Waals surface area contributed by atoms with Crippen LogP contribution in [0.1, 0.15) is 22.8 Å². The van der Waals surface area contributed by atoms with Crippen molar-refractivity contribution in [2.24, 2.45) is 7.05 Å². The molecular weight excluding hydrogens is 236 g/mol. The highest BCUT2D eigenvalue weighted by atomic mass is 16.1. The molecule has 0 atom stereocenters. The number of hydrogen-bond donors (Lipinski definition) is 0. The van der Waals surface area contributed by atoms with Gasteiger partial charge in [-0.25, -0.2) is 0 Å². The highest BCUT2D eigenvalue weighted by molar-refractivity contribution is 5.97. The molecule has 0 unspecified atom stereocenters. The van der Waals surface area contributed by atoms with Crippen LogP contribution in [0.4, 0.5) is 0 Å². The number of aromatic nitrogens is 1. The molecule has 1 aromatic heterocycles. The van der Waals surface area contributed by atoms with Gasteiger partial charge in [-0.15, -0.1) is 0 Å². The molecule has 0 bridgehead atoms. The topological polar surface area (TPSA) is 25.2 Å². The van der Waals surface area contributed by atoms with Gasteiger partial charge in [0.25, 0.3) is 0 Å². The molecule has 0 N–H and O–H groups in total. The summed E-state index contributed by atoms with van der Waals surface area (Å²) in [5.41, 5.74) is 2.03. The molecule has 2 aromatic rings.